The Kier molecular flexibility index (Phi) is 43.6. The fourth-order valence-electron chi connectivity index (χ4n) is 8.76. The van der Waals surface area contributed by atoms with Gasteiger partial charge in [-0.25, -0.2) is 0 Å². The summed E-state index contributed by atoms with van der Waals surface area (Å²) in [5.41, 5.74) is 0. The van der Waals surface area contributed by atoms with Crippen molar-refractivity contribution in [3.05, 3.63) is 36.5 Å². The van der Waals surface area contributed by atoms with Crippen LogP contribution in [0.2, 0.25) is 0 Å². The second-order valence-electron chi connectivity index (χ2n) is 19.4. The average Bonchev–Trinajstić information content (AvgIpc) is 3.31. The SMILES string of the molecule is CCCC/C=C\C/C=C\CCCCCCCC(=O)NC(COC1OC(CO)C(O)C(O)C1O)C(O)/C=C/CCCCCCCCCCCCCCCCCCCCCCCCCCCC. The van der Waals surface area contributed by atoms with Crippen LogP contribution in [0.25, 0.3) is 0 Å². The van der Waals surface area contributed by atoms with Gasteiger partial charge in [0, 0.05) is 6.42 Å². The Hall–Kier alpha value is -1.59. The number of unbranched alkanes of at least 4 members (excludes halogenated alkanes) is 33. The van der Waals surface area contributed by atoms with Crippen molar-refractivity contribution < 1.29 is 39.8 Å². The number of aliphatic hydroxyl groups excluding tert-OH is 5. The van der Waals surface area contributed by atoms with Gasteiger partial charge in [-0.3, -0.25) is 4.79 Å². The highest BCUT2D eigenvalue weighted by molar-refractivity contribution is 5.76. The standard InChI is InChI=1S/C56H105NO8/c1-3-5-7-9-11-13-15-17-19-20-21-22-23-24-25-26-27-28-29-30-31-32-33-35-37-39-41-43-45-50(59)49(48-64-56-55(63)54(62)53(61)51(47-58)65-56)57-52(60)46-44-42-40-38-36-34-18-16-14-12-10-8-6-4-2/h10,12,16,18,43,45,49-51,53-56,58-59,61-63H,3-9,11,13-15,17,19-42,44,46-48H2,1-2H3,(H,57,60)/b12-10-,18-16-,45-43+. The highest BCUT2D eigenvalue weighted by Crippen LogP contribution is 2.23. The zero-order chi connectivity index (χ0) is 47.3. The van der Waals surface area contributed by atoms with E-state index < -0.39 is 49.5 Å². The number of hydrogen-bond donors (Lipinski definition) is 6. The van der Waals surface area contributed by atoms with Crippen molar-refractivity contribution in [2.75, 3.05) is 13.2 Å². The minimum atomic E-state index is -1.57. The third-order valence-corrected chi connectivity index (χ3v) is 13.2. The van der Waals surface area contributed by atoms with Crippen molar-refractivity contribution in [2.45, 2.75) is 301 Å². The van der Waals surface area contributed by atoms with Gasteiger partial charge in [0.1, 0.15) is 24.4 Å². The van der Waals surface area contributed by atoms with Crippen LogP contribution in [0.1, 0.15) is 258 Å². The van der Waals surface area contributed by atoms with Crippen LogP contribution in [0.15, 0.2) is 36.5 Å². The largest absolute Gasteiger partial charge is 0.394 e. The van der Waals surface area contributed by atoms with Gasteiger partial charge in [-0.1, -0.05) is 243 Å². The van der Waals surface area contributed by atoms with Gasteiger partial charge in [0.05, 0.1) is 25.4 Å². The molecule has 9 nitrogen and oxygen atoms in total. The molecule has 0 bridgehead atoms. The molecule has 1 aliphatic heterocycles. The number of rotatable bonds is 47. The first-order valence-corrected chi connectivity index (χ1v) is 27.7. The number of nitrogens with one attached hydrogen (secondary N) is 1. The number of carbonyl (C=O) groups excluding carboxylic acids is 1. The molecule has 0 saturated carbocycles. The molecule has 0 aromatic heterocycles. The van der Waals surface area contributed by atoms with E-state index in [1.54, 1.807) is 6.08 Å². The number of ether oxygens (including phenoxy) is 2. The predicted molar refractivity (Wildman–Crippen MR) is 272 cm³/mol. The molecule has 1 aliphatic rings. The van der Waals surface area contributed by atoms with E-state index in [1.165, 1.54) is 167 Å². The van der Waals surface area contributed by atoms with Crippen LogP contribution in [-0.2, 0) is 14.3 Å². The summed E-state index contributed by atoms with van der Waals surface area (Å²) in [6.07, 6.45) is 52.1. The second-order valence-corrected chi connectivity index (χ2v) is 19.4. The molecule has 1 rings (SSSR count). The highest BCUT2D eigenvalue weighted by atomic mass is 16.7. The second kappa shape index (κ2) is 46.2. The fourth-order valence-corrected chi connectivity index (χ4v) is 8.76. The van der Waals surface area contributed by atoms with E-state index in [0.717, 1.165) is 70.6 Å². The third-order valence-electron chi connectivity index (χ3n) is 13.2. The third kappa shape index (κ3) is 36.1. The molecule has 382 valence electrons. The molecule has 6 N–H and O–H groups in total. The van der Waals surface area contributed by atoms with Gasteiger partial charge >= 0.3 is 0 Å². The highest BCUT2D eigenvalue weighted by Gasteiger charge is 2.44. The Morgan fingerprint density at radius 3 is 1.37 bits per heavy atom. The van der Waals surface area contributed by atoms with Crippen molar-refractivity contribution in [1.29, 1.82) is 0 Å². The molecule has 65 heavy (non-hydrogen) atoms. The first-order valence-electron chi connectivity index (χ1n) is 27.7. The van der Waals surface area contributed by atoms with Crippen LogP contribution < -0.4 is 5.32 Å². The van der Waals surface area contributed by atoms with E-state index in [-0.39, 0.29) is 12.5 Å². The maximum absolute atomic E-state index is 13.0. The van der Waals surface area contributed by atoms with E-state index in [9.17, 15) is 30.3 Å². The first-order chi connectivity index (χ1) is 31.8. The summed E-state index contributed by atoms with van der Waals surface area (Å²) in [5.74, 6) is -0.190. The molecule has 9 heteroatoms. The van der Waals surface area contributed by atoms with Gasteiger partial charge < -0.3 is 40.3 Å². The summed E-state index contributed by atoms with van der Waals surface area (Å²) in [6.45, 7) is 3.74. The summed E-state index contributed by atoms with van der Waals surface area (Å²) in [4.78, 5) is 13.0. The Labute approximate surface area is 400 Å². The van der Waals surface area contributed by atoms with Crippen molar-refractivity contribution in [1.82, 2.24) is 5.32 Å². The Bertz CT molecular complexity index is 1110. The van der Waals surface area contributed by atoms with E-state index in [2.05, 4.69) is 43.5 Å². The number of hydrogen-bond acceptors (Lipinski definition) is 8. The average molecular weight is 920 g/mol. The van der Waals surface area contributed by atoms with Crippen molar-refractivity contribution >= 4 is 5.91 Å². The fraction of sp³-hybridized carbons (Fsp3) is 0.875. The van der Waals surface area contributed by atoms with E-state index >= 15 is 0 Å². The van der Waals surface area contributed by atoms with Crippen molar-refractivity contribution in [3.63, 3.8) is 0 Å². The summed E-state index contributed by atoms with van der Waals surface area (Å²) in [6, 6.07) is -0.812. The molecular weight excluding hydrogens is 815 g/mol. The normalized spacial score (nSPS) is 20.1. The lowest BCUT2D eigenvalue weighted by atomic mass is 9.99. The molecule has 7 unspecified atom stereocenters. The monoisotopic (exact) mass is 920 g/mol. The molecule has 0 aromatic rings. The molecule has 0 aliphatic carbocycles. The first kappa shape index (κ1) is 61.4. The van der Waals surface area contributed by atoms with Gasteiger partial charge in [-0.05, 0) is 44.9 Å². The summed E-state index contributed by atoms with van der Waals surface area (Å²) >= 11 is 0. The maximum atomic E-state index is 13.0. The lowest BCUT2D eigenvalue weighted by Gasteiger charge is -2.40. The van der Waals surface area contributed by atoms with E-state index in [4.69, 9.17) is 9.47 Å². The Morgan fingerprint density at radius 2 is 0.923 bits per heavy atom. The van der Waals surface area contributed by atoms with Gasteiger partial charge in [-0.15, -0.1) is 0 Å². The lowest BCUT2D eigenvalue weighted by molar-refractivity contribution is -0.302. The Morgan fingerprint density at radius 1 is 0.523 bits per heavy atom. The van der Waals surface area contributed by atoms with Crippen LogP contribution in [0.5, 0.6) is 0 Å². The van der Waals surface area contributed by atoms with Crippen LogP contribution >= 0.6 is 0 Å². The van der Waals surface area contributed by atoms with Crippen molar-refractivity contribution in [2.24, 2.45) is 0 Å². The van der Waals surface area contributed by atoms with Gasteiger partial charge in [0.25, 0.3) is 0 Å². The van der Waals surface area contributed by atoms with Crippen molar-refractivity contribution in [3.8, 4) is 0 Å². The van der Waals surface area contributed by atoms with E-state index in [0.29, 0.717) is 6.42 Å². The maximum Gasteiger partial charge on any atom is 0.220 e. The zero-order valence-corrected chi connectivity index (χ0v) is 42.3. The molecular formula is C56H105NO8. The topological polar surface area (TPSA) is 149 Å². The number of allylic oxidation sites excluding steroid dienone is 5. The summed E-state index contributed by atoms with van der Waals surface area (Å²) < 4.78 is 11.2. The van der Waals surface area contributed by atoms with Gasteiger partial charge in [0.2, 0.25) is 5.91 Å². The molecule has 1 fully saturated rings. The smallest absolute Gasteiger partial charge is 0.220 e. The summed E-state index contributed by atoms with van der Waals surface area (Å²) in [7, 11) is 0. The molecule has 1 heterocycles. The lowest BCUT2D eigenvalue weighted by Crippen LogP contribution is -2.60. The van der Waals surface area contributed by atoms with Crippen LogP contribution in [0, 0.1) is 0 Å². The number of amides is 1. The Balaban J connectivity index is 2.20. The summed E-state index contributed by atoms with van der Waals surface area (Å²) in [5, 5.41) is 54.4. The minimum Gasteiger partial charge on any atom is -0.394 e. The molecule has 0 radical (unpaired) electrons. The number of aliphatic hydroxyl groups is 5. The predicted octanol–water partition coefficient (Wildman–Crippen LogP) is 13.2. The van der Waals surface area contributed by atoms with Crippen LogP contribution in [0.3, 0.4) is 0 Å². The quantitative estimate of drug-likeness (QED) is 0.0261. The van der Waals surface area contributed by atoms with Gasteiger partial charge in [-0.2, -0.15) is 0 Å². The molecule has 7 atom stereocenters. The van der Waals surface area contributed by atoms with Crippen LogP contribution in [-0.4, -0.2) is 87.5 Å². The molecule has 0 aromatic carbocycles. The molecule has 0 spiro atoms. The van der Waals surface area contributed by atoms with Crippen LogP contribution in [0.4, 0.5) is 0 Å². The zero-order valence-electron chi connectivity index (χ0n) is 42.3. The van der Waals surface area contributed by atoms with E-state index in [1.807, 2.05) is 6.08 Å². The van der Waals surface area contributed by atoms with Gasteiger partial charge in [0.15, 0.2) is 6.29 Å². The minimum absolute atomic E-state index is 0.190. The molecule has 1 amide bonds. The number of carbonyl (C=O) groups is 1. The molecule has 1 saturated heterocycles.